The standard InChI is InChI=1S/C15H22N2S2/c1-6-7-8-10(2)11(3)9-18-12(4)14-15(16)17-13(5)19-14/h6-9,12H,16H2,1-5H3/b7-6-,10-8+,11-9+. The first-order valence-electron chi connectivity index (χ1n) is 6.30. The predicted molar refractivity (Wildman–Crippen MR) is 89.6 cm³/mol. The molecule has 19 heavy (non-hydrogen) atoms. The van der Waals surface area contributed by atoms with Crippen LogP contribution in [0.15, 0.2) is 34.8 Å². The fourth-order valence-electron chi connectivity index (χ4n) is 1.48. The van der Waals surface area contributed by atoms with Crippen molar-refractivity contribution < 1.29 is 0 Å². The van der Waals surface area contributed by atoms with E-state index in [1.54, 1.807) is 23.1 Å². The maximum absolute atomic E-state index is 5.92. The van der Waals surface area contributed by atoms with Crippen molar-refractivity contribution in [1.82, 2.24) is 4.98 Å². The van der Waals surface area contributed by atoms with Gasteiger partial charge in [-0.3, -0.25) is 0 Å². The summed E-state index contributed by atoms with van der Waals surface area (Å²) in [5.41, 5.74) is 8.49. The third-order valence-corrected chi connectivity index (χ3v) is 5.22. The SMILES string of the molecule is C\C=C/C=C(C)/C(C)=C/SC(C)c1sc(C)nc1N. The van der Waals surface area contributed by atoms with Gasteiger partial charge in [0.25, 0.3) is 0 Å². The summed E-state index contributed by atoms with van der Waals surface area (Å²) in [6, 6.07) is 0. The number of thiazole rings is 1. The molecule has 1 atom stereocenters. The van der Waals surface area contributed by atoms with E-state index in [1.807, 2.05) is 19.9 Å². The van der Waals surface area contributed by atoms with Crippen molar-refractivity contribution in [3.63, 3.8) is 0 Å². The lowest BCUT2D eigenvalue weighted by atomic mass is 10.1. The third-order valence-electron chi connectivity index (χ3n) is 2.77. The number of thioether (sulfide) groups is 1. The van der Waals surface area contributed by atoms with Crippen molar-refractivity contribution in [3.8, 4) is 0 Å². The first-order valence-corrected chi connectivity index (χ1v) is 8.06. The highest BCUT2D eigenvalue weighted by molar-refractivity contribution is 8.02. The Bertz CT molecular complexity index is 510. The first-order chi connectivity index (χ1) is 8.95. The highest BCUT2D eigenvalue weighted by Gasteiger charge is 2.13. The Labute approximate surface area is 124 Å². The quantitative estimate of drug-likeness (QED) is 0.753. The van der Waals surface area contributed by atoms with E-state index in [9.17, 15) is 0 Å². The number of allylic oxidation sites excluding steroid dienone is 5. The molecule has 4 heteroatoms. The van der Waals surface area contributed by atoms with Crippen LogP contribution in [0.4, 0.5) is 5.82 Å². The minimum atomic E-state index is 0.343. The molecule has 1 aromatic heterocycles. The number of hydrogen-bond donors (Lipinski definition) is 1. The second kappa shape index (κ2) is 7.56. The zero-order valence-electron chi connectivity index (χ0n) is 12.2. The van der Waals surface area contributed by atoms with E-state index in [4.69, 9.17) is 5.73 Å². The normalized spacial score (nSPS) is 15.2. The average Bonchev–Trinajstić information content (AvgIpc) is 2.71. The summed E-state index contributed by atoms with van der Waals surface area (Å²) in [6.45, 7) is 10.4. The first kappa shape index (κ1) is 16.1. The lowest BCUT2D eigenvalue weighted by Gasteiger charge is -2.07. The van der Waals surface area contributed by atoms with Crippen LogP contribution < -0.4 is 5.73 Å². The van der Waals surface area contributed by atoms with E-state index in [0.29, 0.717) is 11.1 Å². The fourth-order valence-corrected chi connectivity index (χ4v) is 3.41. The van der Waals surface area contributed by atoms with Gasteiger partial charge in [0, 0.05) is 5.25 Å². The molecule has 1 unspecified atom stereocenters. The number of nitrogens with two attached hydrogens (primary N) is 1. The smallest absolute Gasteiger partial charge is 0.139 e. The maximum atomic E-state index is 5.92. The van der Waals surface area contributed by atoms with Crippen molar-refractivity contribution in [2.75, 3.05) is 5.73 Å². The second-order valence-electron chi connectivity index (χ2n) is 4.44. The lowest BCUT2D eigenvalue weighted by molar-refractivity contribution is 1.13. The number of aryl methyl sites for hydroxylation is 1. The summed E-state index contributed by atoms with van der Waals surface area (Å²) in [4.78, 5) is 5.44. The van der Waals surface area contributed by atoms with Crippen LogP contribution in [0, 0.1) is 6.92 Å². The molecule has 2 nitrogen and oxygen atoms in total. The highest BCUT2D eigenvalue weighted by Crippen LogP contribution is 2.37. The van der Waals surface area contributed by atoms with Gasteiger partial charge in [-0.05, 0) is 51.2 Å². The third kappa shape index (κ3) is 4.88. The fraction of sp³-hybridized carbons (Fsp3) is 0.400. The van der Waals surface area contributed by atoms with Crippen molar-refractivity contribution in [2.24, 2.45) is 0 Å². The molecule has 0 aliphatic heterocycles. The van der Waals surface area contributed by atoms with Gasteiger partial charge in [0.15, 0.2) is 0 Å². The molecule has 1 aromatic rings. The van der Waals surface area contributed by atoms with E-state index in [1.165, 1.54) is 16.0 Å². The molecule has 2 N–H and O–H groups in total. The molecule has 0 bridgehead atoms. The van der Waals surface area contributed by atoms with Crippen LogP contribution in [-0.4, -0.2) is 4.98 Å². The van der Waals surface area contributed by atoms with Gasteiger partial charge in [-0.2, -0.15) is 0 Å². The Balaban J connectivity index is 2.72. The minimum absolute atomic E-state index is 0.343. The summed E-state index contributed by atoms with van der Waals surface area (Å²) in [6.07, 6.45) is 6.22. The van der Waals surface area contributed by atoms with Crippen molar-refractivity contribution in [3.05, 3.63) is 44.7 Å². The van der Waals surface area contributed by atoms with Crippen LogP contribution in [0.3, 0.4) is 0 Å². The molecule has 0 amide bonds. The molecular weight excluding hydrogens is 272 g/mol. The van der Waals surface area contributed by atoms with Gasteiger partial charge in [-0.1, -0.05) is 18.2 Å². The molecule has 0 saturated heterocycles. The van der Waals surface area contributed by atoms with E-state index in [0.717, 1.165) is 5.01 Å². The van der Waals surface area contributed by atoms with Gasteiger partial charge in [0.2, 0.25) is 0 Å². The van der Waals surface area contributed by atoms with E-state index in [-0.39, 0.29) is 0 Å². The largest absolute Gasteiger partial charge is 0.383 e. The summed E-state index contributed by atoms with van der Waals surface area (Å²) in [5.74, 6) is 0.676. The van der Waals surface area contributed by atoms with Crippen molar-refractivity contribution >= 4 is 28.9 Å². The van der Waals surface area contributed by atoms with E-state index in [2.05, 4.69) is 43.3 Å². The number of anilines is 1. The van der Waals surface area contributed by atoms with Crippen LogP contribution in [0.5, 0.6) is 0 Å². The van der Waals surface area contributed by atoms with Gasteiger partial charge in [-0.15, -0.1) is 23.1 Å². The Morgan fingerprint density at radius 3 is 2.58 bits per heavy atom. The van der Waals surface area contributed by atoms with E-state index >= 15 is 0 Å². The van der Waals surface area contributed by atoms with Crippen molar-refractivity contribution in [2.45, 2.75) is 39.9 Å². The van der Waals surface area contributed by atoms with Crippen LogP contribution in [0.1, 0.15) is 42.8 Å². The highest BCUT2D eigenvalue weighted by atomic mass is 32.2. The molecule has 104 valence electrons. The number of nitrogen functional groups attached to an aromatic ring is 1. The Morgan fingerprint density at radius 1 is 1.37 bits per heavy atom. The summed E-state index contributed by atoms with van der Waals surface area (Å²) < 4.78 is 0. The molecule has 1 rings (SSSR count). The van der Waals surface area contributed by atoms with Crippen LogP contribution in [-0.2, 0) is 0 Å². The van der Waals surface area contributed by atoms with Gasteiger partial charge in [-0.25, -0.2) is 4.98 Å². The van der Waals surface area contributed by atoms with Crippen LogP contribution in [0.25, 0.3) is 0 Å². The van der Waals surface area contributed by atoms with Gasteiger partial charge < -0.3 is 5.73 Å². The van der Waals surface area contributed by atoms with Crippen LogP contribution >= 0.6 is 23.1 Å². The number of rotatable bonds is 5. The van der Waals surface area contributed by atoms with Crippen LogP contribution in [0.2, 0.25) is 0 Å². The number of hydrogen-bond acceptors (Lipinski definition) is 4. The summed E-state index contributed by atoms with van der Waals surface area (Å²) >= 11 is 3.47. The number of nitrogens with zero attached hydrogens (tertiary/aromatic N) is 1. The lowest BCUT2D eigenvalue weighted by Crippen LogP contribution is -1.92. The van der Waals surface area contributed by atoms with Gasteiger partial charge in [0.05, 0.1) is 9.88 Å². The Morgan fingerprint density at radius 2 is 2.05 bits per heavy atom. The summed E-state index contributed by atoms with van der Waals surface area (Å²) in [7, 11) is 0. The zero-order chi connectivity index (χ0) is 14.4. The Hall–Kier alpha value is -1.00. The number of aromatic nitrogens is 1. The van der Waals surface area contributed by atoms with Gasteiger partial charge >= 0.3 is 0 Å². The molecule has 0 spiro atoms. The molecule has 1 heterocycles. The molecule has 0 saturated carbocycles. The molecule has 0 radical (unpaired) electrons. The average molecular weight is 294 g/mol. The Kier molecular flexibility index (Phi) is 6.38. The monoisotopic (exact) mass is 294 g/mol. The second-order valence-corrected chi connectivity index (χ2v) is 6.89. The molecule has 0 aliphatic carbocycles. The van der Waals surface area contributed by atoms with Gasteiger partial charge in [0.1, 0.15) is 5.82 Å². The molecule has 0 aliphatic rings. The molecule has 0 fully saturated rings. The topological polar surface area (TPSA) is 38.9 Å². The minimum Gasteiger partial charge on any atom is -0.383 e. The maximum Gasteiger partial charge on any atom is 0.139 e. The predicted octanol–water partition coefficient (Wildman–Crippen LogP) is 5.25. The summed E-state index contributed by atoms with van der Waals surface area (Å²) in [5, 5.41) is 3.58. The van der Waals surface area contributed by atoms with E-state index < -0.39 is 0 Å². The van der Waals surface area contributed by atoms with Crippen molar-refractivity contribution in [1.29, 1.82) is 0 Å². The molecular formula is C15H22N2S2. The zero-order valence-corrected chi connectivity index (χ0v) is 13.9. The molecule has 0 aromatic carbocycles.